The molecule has 39 heavy (non-hydrogen) atoms. The molecule has 0 fully saturated rings. The third-order valence-electron chi connectivity index (χ3n) is 6.45. The maximum absolute atomic E-state index is 13.9. The number of aryl methyl sites for hydroxylation is 1. The van der Waals surface area contributed by atoms with Gasteiger partial charge in [-0.3, -0.25) is 14.5 Å². The highest BCUT2D eigenvalue weighted by atomic mass is 79.9. The molecular formula is C28H25BrN2O7S. The predicted molar refractivity (Wildman–Crippen MR) is 150 cm³/mol. The van der Waals surface area contributed by atoms with Crippen LogP contribution in [0.5, 0.6) is 11.5 Å². The normalized spacial score (nSPS) is 14.5. The van der Waals surface area contributed by atoms with E-state index in [1.807, 2.05) is 0 Å². The number of anilines is 1. The van der Waals surface area contributed by atoms with E-state index in [-0.39, 0.29) is 26.8 Å². The van der Waals surface area contributed by atoms with E-state index < -0.39 is 17.9 Å². The van der Waals surface area contributed by atoms with Gasteiger partial charge in [0.15, 0.2) is 22.1 Å². The number of thiazole rings is 1. The van der Waals surface area contributed by atoms with E-state index in [4.69, 9.17) is 18.6 Å². The van der Waals surface area contributed by atoms with Crippen LogP contribution in [0.4, 0.5) is 5.13 Å². The molecule has 0 bridgehead atoms. The molecule has 2 aromatic carbocycles. The number of ether oxygens (including phenoxy) is 3. The Balaban J connectivity index is 1.72. The molecule has 4 aromatic rings. The summed E-state index contributed by atoms with van der Waals surface area (Å²) in [6.45, 7) is 4.27. The Morgan fingerprint density at radius 3 is 2.67 bits per heavy atom. The van der Waals surface area contributed by atoms with Crippen LogP contribution in [-0.4, -0.2) is 37.7 Å². The van der Waals surface area contributed by atoms with Crippen LogP contribution in [-0.2, 0) is 4.74 Å². The number of amides is 1. The molecule has 1 amide bonds. The van der Waals surface area contributed by atoms with Crippen molar-refractivity contribution < 1.29 is 28.2 Å². The molecule has 11 heteroatoms. The van der Waals surface area contributed by atoms with Crippen molar-refractivity contribution in [2.45, 2.75) is 32.7 Å². The summed E-state index contributed by atoms with van der Waals surface area (Å²) in [6.07, 6.45) is 1.87. The van der Waals surface area contributed by atoms with Crippen LogP contribution in [0.3, 0.4) is 0 Å². The first-order valence-electron chi connectivity index (χ1n) is 12.2. The largest absolute Gasteiger partial charge is 0.493 e. The molecule has 0 saturated heterocycles. The molecule has 1 atom stereocenters. The van der Waals surface area contributed by atoms with Gasteiger partial charge in [0.1, 0.15) is 10.5 Å². The van der Waals surface area contributed by atoms with Crippen LogP contribution in [0, 0.1) is 6.92 Å². The highest BCUT2D eigenvalue weighted by molar-refractivity contribution is 9.10. The molecule has 0 saturated carbocycles. The standard InChI is InChI=1S/C28H25BrN2O7S/c1-5-6-11-37-19-9-7-15(12-20(19)35-3)22-21-23(32)17-13-16(29)8-10-18(17)38-24(21)26(33)31(22)28-30-14(2)25(39-28)27(34)36-4/h7-10,12-13,22H,5-6,11H2,1-4H3. The molecule has 1 aliphatic rings. The number of rotatable bonds is 8. The van der Waals surface area contributed by atoms with Gasteiger partial charge in [0.05, 0.1) is 43.5 Å². The molecule has 5 rings (SSSR count). The van der Waals surface area contributed by atoms with Crippen LogP contribution < -0.4 is 19.8 Å². The first-order chi connectivity index (χ1) is 18.8. The SMILES string of the molecule is CCCCOc1ccc(C2c3c(oc4ccc(Br)cc4c3=O)C(=O)N2c2nc(C)c(C(=O)OC)s2)cc1OC. The van der Waals surface area contributed by atoms with Crippen molar-refractivity contribution in [1.82, 2.24) is 4.98 Å². The fourth-order valence-corrected chi connectivity index (χ4v) is 5.90. The zero-order chi connectivity index (χ0) is 27.8. The van der Waals surface area contributed by atoms with Crippen molar-refractivity contribution in [3.05, 3.63) is 78.6 Å². The lowest BCUT2D eigenvalue weighted by Gasteiger charge is -2.23. The van der Waals surface area contributed by atoms with Crippen molar-refractivity contribution in [3.63, 3.8) is 0 Å². The van der Waals surface area contributed by atoms with E-state index >= 15 is 0 Å². The van der Waals surface area contributed by atoms with Gasteiger partial charge in [0.2, 0.25) is 5.76 Å². The van der Waals surface area contributed by atoms with Crippen molar-refractivity contribution in [3.8, 4) is 11.5 Å². The summed E-state index contributed by atoms with van der Waals surface area (Å²) < 4.78 is 23.1. The molecule has 1 aliphatic heterocycles. The van der Waals surface area contributed by atoms with Gasteiger partial charge in [-0.2, -0.15) is 0 Å². The van der Waals surface area contributed by atoms with Crippen LogP contribution in [0.15, 0.2) is 50.1 Å². The highest BCUT2D eigenvalue weighted by Crippen LogP contribution is 2.45. The predicted octanol–water partition coefficient (Wildman–Crippen LogP) is 6.04. The number of hydrogen-bond acceptors (Lipinski definition) is 9. The van der Waals surface area contributed by atoms with Gasteiger partial charge in [-0.15, -0.1) is 0 Å². The Labute approximate surface area is 236 Å². The minimum atomic E-state index is -0.887. The van der Waals surface area contributed by atoms with Gasteiger partial charge in [-0.25, -0.2) is 9.78 Å². The number of nitrogens with zero attached hydrogens (tertiary/aromatic N) is 2. The zero-order valence-corrected chi connectivity index (χ0v) is 24.1. The molecule has 0 aliphatic carbocycles. The van der Waals surface area contributed by atoms with Crippen molar-refractivity contribution in [2.24, 2.45) is 0 Å². The second-order valence-electron chi connectivity index (χ2n) is 8.91. The average molecular weight is 613 g/mol. The lowest BCUT2D eigenvalue weighted by atomic mass is 9.98. The summed E-state index contributed by atoms with van der Waals surface area (Å²) in [5, 5.41) is 0.570. The quantitative estimate of drug-likeness (QED) is 0.175. The maximum Gasteiger partial charge on any atom is 0.350 e. The second kappa shape index (κ2) is 10.8. The van der Waals surface area contributed by atoms with Crippen LogP contribution in [0.25, 0.3) is 11.0 Å². The number of unbranched alkanes of at least 4 members (excludes halogenated alkanes) is 1. The van der Waals surface area contributed by atoms with Gasteiger partial charge >= 0.3 is 5.97 Å². The number of fused-ring (bicyclic) bond motifs is 2. The summed E-state index contributed by atoms with van der Waals surface area (Å²) in [5.74, 6) is -0.155. The summed E-state index contributed by atoms with van der Waals surface area (Å²) >= 11 is 4.42. The Hall–Kier alpha value is -3.70. The Kier molecular flexibility index (Phi) is 7.46. The number of methoxy groups -OCH3 is 2. The minimum absolute atomic E-state index is 0.0745. The molecule has 0 radical (unpaired) electrons. The van der Waals surface area contributed by atoms with Crippen molar-refractivity contribution >= 4 is 55.2 Å². The number of esters is 1. The molecule has 0 N–H and O–H groups in total. The summed E-state index contributed by atoms with van der Waals surface area (Å²) in [6, 6.07) is 9.45. The molecule has 202 valence electrons. The fourth-order valence-electron chi connectivity index (χ4n) is 4.53. The number of halogens is 1. The fraction of sp³-hybridized carbons (Fsp3) is 0.286. The van der Waals surface area contributed by atoms with Crippen LogP contribution in [0.1, 0.15) is 62.9 Å². The van der Waals surface area contributed by atoms with Gasteiger partial charge < -0.3 is 18.6 Å². The third-order valence-corrected chi connectivity index (χ3v) is 8.08. The lowest BCUT2D eigenvalue weighted by molar-refractivity contribution is 0.0605. The van der Waals surface area contributed by atoms with Gasteiger partial charge in [-0.05, 0) is 49.2 Å². The van der Waals surface area contributed by atoms with E-state index in [2.05, 4.69) is 27.8 Å². The van der Waals surface area contributed by atoms with E-state index in [0.717, 1.165) is 24.2 Å². The van der Waals surface area contributed by atoms with Crippen molar-refractivity contribution in [1.29, 1.82) is 0 Å². The summed E-state index contributed by atoms with van der Waals surface area (Å²) in [4.78, 5) is 46.3. The van der Waals surface area contributed by atoms with Crippen LogP contribution >= 0.6 is 27.3 Å². The number of aromatic nitrogens is 1. The van der Waals surface area contributed by atoms with Crippen LogP contribution in [0.2, 0.25) is 0 Å². The molecule has 2 aromatic heterocycles. The topological polar surface area (TPSA) is 108 Å². The maximum atomic E-state index is 13.9. The molecule has 3 heterocycles. The monoisotopic (exact) mass is 612 g/mol. The number of carbonyl (C=O) groups excluding carboxylic acids is 2. The Morgan fingerprint density at radius 2 is 1.95 bits per heavy atom. The first-order valence-corrected chi connectivity index (χ1v) is 13.9. The van der Waals surface area contributed by atoms with Gasteiger partial charge in [-0.1, -0.05) is 46.7 Å². The first kappa shape index (κ1) is 26.9. The summed E-state index contributed by atoms with van der Waals surface area (Å²) in [7, 11) is 2.81. The number of carbonyl (C=O) groups is 2. The smallest absolute Gasteiger partial charge is 0.350 e. The molecule has 0 spiro atoms. The van der Waals surface area contributed by atoms with Gasteiger partial charge in [0.25, 0.3) is 5.91 Å². The molecule has 9 nitrogen and oxygen atoms in total. The average Bonchev–Trinajstić information content (AvgIpc) is 3.46. The Bertz CT molecular complexity index is 1660. The second-order valence-corrected chi connectivity index (χ2v) is 10.8. The van der Waals surface area contributed by atoms with Gasteiger partial charge in [0, 0.05) is 4.47 Å². The molecule has 1 unspecified atom stereocenters. The zero-order valence-electron chi connectivity index (χ0n) is 21.7. The van der Waals surface area contributed by atoms with E-state index in [1.54, 1.807) is 43.3 Å². The Morgan fingerprint density at radius 1 is 1.15 bits per heavy atom. The van der Waals surface area contributed by atoms with E-state index in [0.29, 0.717) is 44.8 Å². The number of benzene rings is 2. The lowest BCUT2D eigenvalue weighted by Crippen LogP contribution is -2.29. The highest BCUT2D eigenvalue weighted by Gasteiger charge is 2.45. The third kappa shape index (κ3) is 4.70. The number of hydrogen-bond donors (Lipinski definition) is 0. The summed E-state index contributed by atoms with van der Waals surface area (Å²) in [5.41, 5.74) is 1.14. The van der Waals surface area contributed by atoms with Crippen molar-refractivity contribution in [2.75, 3.05) is 25.7 Å². The van der Waals surface area contributed by atoms with E-state index in [9.17, 15) is 14.4 Å². The molecular weight excluding hydrogens is 588 g/mol. The minimum Gasteiger partial charge on any atom is -0.493 e. The van der Waals surface area contributed by atoms with E-state index in [1.165, 1.54) is 19.1 Å².